The highest BCUT2D eigenvalue weighted by Crippen LogP contribution is 2.28. The first-order valence-electron chi connectivity index (χ1n) is 6.33. The quantitative estimate of drug-likeness (QED) is 0.772. The lowest BCUT2D eigenvalue weighted by Gasteiger charge is -2.19. The van der Waals surface area contributed by atoms with Crippen molar-refractivity contribution in [1.82, 2.24) is 4.31 Å². The van der Waals surface area contributed by atoms with Crippen molar-refractivity contribution in [1.29, 1.82) is 0 Å². The fourth-order valence-corrected chi connectivity index (χ4v) is 5.52. The molecule has 0 aliphatic rings. The third-order valence-corrected chi connectivity index (χ3v) is 7.05. The summed E-state index contributed by atoms with van der Waals surface area (Å²) in [6.07, 6.45) is 0.723. The molecule has 108 valence electrons. The highest BCUT2D eigenvalue weighted by atomic mass is 79.9. The van der Waals surface area contributed by atoms with Gasteiger partial charge in [0, 0.05) is 13.1 Å². The van der Waals surface area contributed by atoms with Crippen molar-refractivity contribution < 1.29 is 8.42 Å². The van der Waals surface area contributed by atoms with E-state index in [0.29, 0.717) is 17.3 Å². The Balaban J connectivity index is 2.12. The molecule has 0 unspecified atom stereocenters. The Labute approximate surface area is 132 Å². The summed E-state index contributed by atoms with van der Waals surface area (Å²) >= 11 is 4.55. The van der Waals surface area contributed by atoms with Crippen molar-refractivity contribution in [2.24, 2.45) is 0 Å². The number of rotatable bonds is 6. The van der Waals surface area contributed by atoms with E-state index in [2.05, 4.69) is 15.9 Å². The molecule has 0 bridgehead atoms. The van der Waals surface area contributed by atoms with E-state index < -0.39 is 10.0 Å². The maximum Gasteiger partial charge on any atom is 0.252 e. The van der Waals surface area contributed by atoms with Gasteiger partial charge in [-0.2, -0.15) is 4.31 Å². The summed E-state index contributed by atoms with van der Waals surface area (Å²) < 4.78 is 27.8. The van der Waals surface area contributed by atoms with Crippen LogP contribution in [-0.4, -0.2) is 25.8 Å². The molecule has 0 fully saturated rings. The molecular formula is C14H16BrNO2S2. The monoisotopic (exact) mass is 373 g/mol. The van der Waals surface area contributed by atoms with Crippen molar-refractivity contribution in [3.8, 4) is 0 Å². The Morgan fingerprint density at radius 3 is 2.40 bits per heavy atom. The van der Waals surface area contributed by atoms with Gasteiger partial charge in [-0.25, -0.2) is 8.42 Å². The van der Waals surface area contributed by atoms with Gasteiger partial charge in [0.2, 0.25) is 0 Å². The van der Waals surface area contributed by atoms with Crippen molar-refractivity contribution in [3.05, 3.63) is 51.8 Å². The lowest BCUT2D eigenvalue weighted by molar-refractivity contribution is 0.432. The van der Waals surface area contributed by atoms with Crippen LogP contribution in [0.1, 0.15) is 12.5 Å². The Hall–Kier alpha value is -0.690. The average molecular weight is 374 g/mol. The number of benzene rings is 1. The van der Waals surface area contributed by atoms with Gasteiger partial charge in [-0.15, -0.1) is 11.3 Å². The summed E-state index contributed by atoms with van der Waals surface area (Å²) in [6, 6.07) is 13.3. The van der Waals surface area contributed by atoms with Crippen LogP contribution in [0.4, 0.5) is 0 Å². The number of likely N-dealkylation sites (N-methyl/N-ethyl adjacent to an activating group) is 1. The molecule has 2 rings (SSSR count). The fourth-order valence-electron chi connectivity index (χ4n) is 1.91. The van der Waals surface area contributed by atoms with Crippen molar-refractivity contribution in [2.45, 2.75) is 17.6 Å². The molecule has 0 saturated heterocycles. The van der Waals surface area contributed by atoms with E-state index in [0.717, 1.165) is 15.8 Å². The van der Waals surface area contributed by atoms with Gasteiger partial charge in [0.05, 0.1) is 3.79 Å². The first kappa shape index (κ1) is 15.7. The van der Waals surface area contributed by atoms with Gasteiger partial charge in [0.15, 0.2) is 0 Å². The third-order valence-electron chi connectivity index (χ3n) is 2.99. The Morgan fingerprint density at radius 1 is 1.15 bits per heavy atom. The molecule has 1 aromatic carbocycles. The van der Waals surface area contributed by atoms with Gasteiger partial charge < -0.3 is 0 Å². The molecule has 0 amide bonds. The minimum Gasteiger partial charge on any atom is -0.206 e. The van der Waals surface area contributed by atoms with E-state index in [-0.39, 0.29) is 0 Å². The Kier molecular flexibility index (Phi) is 5.37. The van der Waals surface area contributed by atoms with Crippen LogP contribution in [0, 0.1) is 0 Å². The lowest BCUT2D eigenvalue weighted by Crippen LogP contribution is -2.32. The summed E-state index contributed by atoms with van der Waals surface area (Å²) in [5.74, 6) is 0. The zero-order chi connectivity index (χ0) is 14.6. The molecular weight excluding hydrogens is 358 g/mol. The minimum atomic E-state index is -3.38. The summed E-state index contributed by atoms with van der Waals surface area (Å²) in [7, 11) is -3.38. The van der Waals surface area contributed by atoms with E-state index >= 15 is 0 Å². The van der Waals surface area contributed by atoms with E-state index in [1.807, 2.05) is 37.3 Å². The molecule has 20 heavy (non-hydrogen) atoms. The van der Waals surface area contributed by atoms with Crippen LogP contribution in [0.15, 0.2) is 50.5 Å². The van der Waals surface area contributed by atoms with Crippen LogP contribution in [-0.2, 0) is 16.4 Å². The summed E-state index contributed by atoms with van der Waals surface area (Å²) in [5, 5.41) is 0. The second-order valence-corrected chi connectivity index (χ2v) is 8.92. The standard InChI is InChI=1S/C14H16BrNO2S2/c1-2-16(11-10-12-6-4-3-5-7-12)20(17,18)14-9-8-13(15)19-14/h3-9H,2,10-11H2,1H3. The third kappa shape index (κ3) is 3.69. The number of sulfonamides is 1. The molecule has 0 saturated carbocycles. The SMILES string of the molecule is CCN(CCc1ccccc1)S(=O)(=O)c1ccc(Br)s1. The van der Waals surface area contributed by atoms with Gasteiger partial charge in [0.1, 0.15) is 4.21 Å². The Morgan fingerprint density at radius 2 is 1.85 bits per heavy atom. The minimum absolute atomic E-state index is 0.388. The molecule has 3 nitrogen and oxygen atoms in total. The number of halogens is 1. The molecule has 0 spiro atoms. The largest absolute Gasteiger partial charge is 0.252 e. The van der Waals surface area contributed by atoms with Crippen LogP contribution in [0.5, 0.6) is 0 Å². The molecule has 0 aliphatic heterocycles. The first-order chi connectivity index (χ1) is 9.54. The maximum atomic E-state index is 12.5. The van der Waals surface area contributed by atoms with Crippen LogP contribution < -0.4 is 0 Å². The summed E-state index contributed by atoms with van der Waals surface area (Å²) in [6.45, 7) is 2.84. The van der Waals surface area contributed by atoms with Crippen molar-refractivity contribution in [3.63, 3.8) is 0 Å². The van der Waals surface area contributed by atoms with Gasteiger partial charge in [-0.3, -0.25) is 0 Å². The zero-order valence-electron chi connectivity index (χ0n) is 11.1. The number of hydrogen-bond donors (Lipinski definition) is 0. The van der Waals surface area contributed by atoms with E-state index in [4.69, 9.17) is 0 Å². The molecule has 2 aromatic rings. The topological polar surface area (TPSA) is 37.4 Å². The number of nitrogens with zero attached hydrogens (tertiary/aromatic N) is 1. The molecule has 0 aliphatic carbocycles. The van der Waals surface area contributed by atoms with Gasteiger partial charge in [-0.05, 0) is 40.0 Å². The number of hydrogen-bond acceptors (Lipinski definition) is 3. The normalized spacial score (nSPS) is 11.9. The van der Waals surface area contributed by atoms with Crippen LogP contribution in [0.2, 0.25) is 0 Å². The van der Waals surface area contributed by atoms with E-state index in [9.17, 15) is 8.42 Å². The van der Waals surface area contributed by atoms with Gasteiger partial charge >= 0.3 is 0 Å². The highest BCUT2D eigenvalue weighted by Gasteiger charge is 2.24. The van der Waals surface area contributed by atoms with Crippen molar-refractivity contribution in [2.75, 3.05) is 13.1 Å². The predicted octanol–water partition coefficient (Wildman–Crippen LogP) is 3.76. The number of thiophene rings is 1. The maximum absolute atomic E-state index is 12.5. The molecule has 0 N–H and O–H groups in total. The second-order valence-electron chi connectivity index (χ2n) is 4.29. The summed E-state index contributed by atoms with van der Waals surface area (Å²) in [5.41, 5.74) is 1.15. The zero-order valence-corrected chi connectivity index (χ0v) is 14.3. The van der Waals surface area contributed by atoms with Crippen LogP contribution >= 0.6 is 27.3 Å². The van der Waals surface area contributed by atoms with Gasteiger partial charge in [0.25, 0.3) is 10.0 Å². The predicted molar refractivity (Wildman–Crippen MR) is 86.6 cm³/mol. The van der Waals surface area contributed by atoms with Crippen LogP contribution in [0.25, 0.3) is 0 Å². The van der Waals surface area contributed by atoms with Crippen LogP contribution in [0.3, 0.4) is 0 Å². The molecule has 0 radical (unpaired) electrons. The van der Waals surface area contributed by atoms with Gasteiger partial charge in [-0.1, -0.05) is 37.3 Å². The fraction of sp³-hybridized carbons (Fsp3) is 0.286. The first-order valence-corrected chi connectivity index (χ1v) is 9.38. The van der Waals surface area contributed by atoms with E-state index in [1.165, 1.54) is 15.6 Å². The Bertz CT molecular complexity index is 653. The van der Waals surface area contributed by atoms with Crippen molar-refractivity contribution >= 4 is 37.3 Å². The highest BCUT2D eigenvalue weighted by molar-refractivity contribution is 9.11. The molecule has 0 atom stereocenters. The average Bonchev–Trinajstić information content (AvgIpc) is 2.88. The second kappa shape index (κ2) is 6.85. The molecule has 1 aromatic heterocycles. The molecule has 1 heterocycles. The summed E-state index contributed by atoms with van der Waals surface area (Å²) in [4.78, 5) is 0. The molecule has 6 heteroatoms. The smallest absolute Gasteiger partial charge is 0.206 e. The lowest BCUT2D eigenvalue weighted by atomic mass is 10.1. The van der Waals surface area contributed by atoms with E-state index in [1.54, 1.807) is 12.1 Å².